The minimum Gasteiger partial charge on any atom is -0.508 e. The Hall–Kier alpha value is -1.18. The molecule has 0 aromatic heterocycles. The van der Waals surface area contributed by atoms with Crippen molar-refractivity contribution in [2.24, 2.45) is 4.99 Å². The molecule has 0 atom stereocenters. The van der Waals surface area contributed by atoms with Crippen molar-refractivity contribution >= 4 is 29.9 Å². The molecule has 0 unspecified atom stereocenters. The smallest absolute Gasteiger partial charge is 0.191 e. The molecule has 0 amide bonds. The van der Waals surface area contributed by atoms with Crippen molar-refractivity contribution in [2.45, 2.75) is 39.7 Å². The molecule has 22 heavy (non-hydrogen) atoms. The molecule has 0 saturated heterocycles. The number of phenols is 1. The zero-order valence-corrected chi connectivity index (χ0v) is 16.0. The number of methoxy groups -OCH3 is 1. The molecule has 5 nitrogen and oxygen atoms in total. The molecule has 1 aromatic rings. The highest BCUT2D eigenvalue weighted by atomic mass is 127. The van der Waals surface area contributed by atoms with E-state index in [0.29, 0.717) is 6.54 Å². The van der Waals surface area contributed by atoms with E-state index in [9.17, 15) is 5.11 Å². The predicted molar refractivity (Wildman–Crippen MR) is 102 cm³/mol. The Bertz CT molecular complexity index is 453. The molecular formula is C16H28IN3O2. The van der Waals surface area contributed by atoms with Gasteiger partial charge in [0.05, 0.1) is 13.7 Å². The topological polar surface area (TPSA) is 65.9 Å². The summed E-state index contributed by atoms with van der Waals surface area (Å²) < 4.78 is 5.17. The second-order valence-corrected chi connectivity index (χ2v) is 4.82. The Morgan fingerprint density at radius 2 is 2.00 bits per heavy atom. The van der Waals surface area contributed by atoms with Crippen LogP contribution in [0.2, 0.25) is 0 Å². The largest absolute Gasteiger partial charge is 0.508 e. The van der Waals surface area contributed by atoms with Crippen LogP contribution in [0, 0.1) is 0 Å². The highest BCUT2D eigenvalue weighted by Crippen LogP contribution is 2.23. The number of benzene rings is 1. The molecule has 6 heteroatoms. The van der Waals surface area contributed by atoms with E-state index in [0.717, 1.165) is 36.8 Å². The molecule has 3 N–H and O–H groups in total. The molecule has 0 heterocycles. The Labute approximate surface area is 150 Å². The third kappa shape index (κ3) is 7.72. The van der Waals surface area contributed by atoms with Crippen LogP contribution in [0.5, 0.6) is 11.5 Å². The van der Waals surface area contributed by atoms with Gasteiger partial charge in [0.1, 0.15) is 11.5 Å². The number of nitrogens with zero attached hydrogens (tertiary/aromatic N) is 1. The van der Waals surface area contributed by atoms with Gasteiger partial charge in [-0.3, -0.25) is 0 Å². The van der Waals surface area contributed by atoms with E-state index in [1.807, 2.05) is 6.92 Å². The lowest BCUT2D eigenvalue weighted by molar-refractivity contribution is 0.411. The molecule has 0 aliphatic carbocycles. The zero-order valence-electron chi connectivity index (χ0n) is 13.7. The number of rotatable bonds is 8. The van der Waals surface area contributed by atoms with Gasteiger partial charge in [0.15, 0.2) is 5.96 Å². The fraction of sp³-hybridized carbons (Fsp3) is 0.562. The average molecular weight is 421 g/mol. The van der Waals surface area contributed by atoms with Gasteiger partial charge in [0.25, 0.3) is 0 Å². The normalized spacial score (nSPS) is 10.8. The van der Waals surface area contributed by atoms with Crippen molar-refractivity contribution < 1.29 is 9.84 Å². The SMILES string of the molecule is CCCCCNC(=NCc1cc(OC)ccc1O)NCC.I. The Kier molecular flexibility index (Phi) is 11.7. The Balaban J connectivity index is 0.00000441. The number of hydrogen-bond donors (Lipinski definition) is 3. The molecule has 0 aliphatic heterocycles. The summed E-state index contributed by atoms with van der Waals surface area (Å²) in [7, 11) is 1.61. The molecule has 0 aliphatic rings. The number of guanidine groups is 1. The molecule has 1 rings (SSSR count). The van der Waals surface area contributed by atoms with Gasteiger partial charge in [-0.15, -0.1) is 24.0 Å². The molecule has 126 valence electrons. The summed E-state index contributed by atoms with van der Waals surface area (Å²) in [5, 5.41) is 16.4. The van der Waals surface area contributed by atoms with Crippen molar-refractivity contribution in [3.8, 4) is 11.5 Å². The number of halogens is 1. The number of phenolic OH excluding ortho intramolecular Hbond substituents is 1. The molecular weight excluding hydrogens is 393 g/mol. The molecule has 0 spiro atoms. The molecule has 0 saturated carbocycles. The summed E-state index contributed by atoms with van der Waals surface area (Å²) in [4.78, 5) is 4.50. The van der Waals surface area contributed by atoms with Gasteiger partial charge in [-0.05, 0) is 31.5 Å². The van der Waals surface area contributed by atoms with Crippen molar-refractivity contribution in [3.63, 3.8) is 0 Å². The minimum absolute atomic E-state index is 0. The Morgan fingerprint density at radius 1 is 1.23 bits per heavy atom. The lowest BCUT2D eigenvalue weighted by Gasteiger charge is -2.11. The Morgan fingerprint density at radius 3 is 2.64 bits per heavy atom. The summed E-state index contributed by atoms with van der Waals surface area (Å²) >= 11 is 0. The summed E-state index contributed by atoms with van der Waals surface area (Å²) in [5.74, 6) is 1.73. The fourth-order valence-electron chi connectivity index (χ4n) is 1.90. The van der Waals surface area contributed by atoms with Crippen molar-refractivity contribution in [2.75, 3.05) is 20.2 Å². The maximum Gasteiger partial charge on any atom is 0.191 e. The van der Waals surface area contributed by atoms with Crippen LogP contribution in [0.4, 0.5) is 0 Å². The number of aromatic hydroxyl groups is 1. The van der Waals surface area contributed by atoms with Gasteiger partial charge in [0, 0.05) is 18.7 Å². The van der Waals surface area contributed by atoms with Gasteiger partial charge >= 0.3 is 0 Å². The number of nitrogens with one attached hydrogen (secondary N) is 2. The second kappa shape index (κ2) is 12.4. The number of hydrogen-bond acceptors (Lipinski definition) is 3. The van der Waals surface area contributed by atoms with E-state index in [-0.39, 0.29) is 29.7 Å². The van der Waals surface area contributed by atoms with Crippen LogP contribution in [0.25, 0.3) is 0 Å². The first kappa shape index (κ1) is 20.8. The monoisotopic (exact) mass is 421 g/mol. The van der Waals surface area contributed by atoms with E-state index in [1.54, 1.807) is 25.3 Å². The predicted octanol–water partition coefficient (Wildman–Crippen LogP) is 3.26. The summed E-state index contributed by atoms with van der Waals surface area (Å²) in [5.41, 5.74) is 0.750. The van der Waals surface area contributed by atoms with Crippen LogP contribution >= 0.6 is 24.0 Å². The quantitative estimate of drug-likeness (QED) is 0.261. The molecule has 0 bridgehead atoms. The maximum absolute atomic E-state index is 9.85. The molecule has 0 fully saturated rings. The van der Waals surface area contributed by atoms with Gasteiger partial charge in [-0.1, -0.05) is 19.8 Å². The van der Waals surface area contributed by atoms with Gasteiger partial charge in [-0.2, -0.15) is 0 Å². The summed E-state index contributed by atoms with van der Waals surface area (Å²) in [6.07, 6.45) is 3.54. The van der Waals surface area contributed by atoms with Crippen molar-refractivity contribution in [3.05, 3.63) is 23.8 Å². The average Bonchev–Trinajstić information content (AvgIpc) is 2.50. The number of ether oxygens (including phenoxy) is 1. The van der Waals surface area contributed by atoms with Crippen LogP contribution in [0.3, 0.4) is 0 Å². The van der Waals surface area contributed by atoms with E-state index in [1.165, 1.54) is 12.8 Å². The third-order valence-corrected chi connectivity index (χ3v) is 3.11. The number of unbranched alkanes of at least 4 members (excludes halogenated alkanes) is 2. The molecule has 1 aromatic carbocycles. The van der Waals surface area contributed by atoms with E-state index < -0.39 is 0 Å². The van der Waals surface area contributed by atoms with Gasteiger partial charge in [0.2, 0.25) is 0 Å². The highest BCUT2D eigenvalue weighted by molar-refractivity contribution is 14.0. The van der Waals surface area contributed by atoms with Crippen LogP contribution in [0.15, 0.2) is 23.2 Å². The maximum atomic E-state index is 9.85. The highest BCUT2D eigenvalue weighted by Gasteiger charge is 2.03. The summed E-state index contributed by atoms with van der Waals surface area (Å²) in [6.45, 7) is 6.34. The first-order valence-electron chi connectivity index (χ1n) is 7.59. The van der Waals surface area contributed by atoms with Crippen molar-refractivity contribution in [1.29, 1.82) is 0 Å². The van der Waals surface area contributed by atoms with Crippen LogP contribution < -0.4 is 15.4 Å². The zero-order chi connectivity index (χ0) is 15.5. The van der Waals surface area contributed by atoms with Crippen molar-refractivity contribution in [1.82, 2.24) is 10.6 Å². The lowest BCUT2D eigenvalue weighted by atomic mass is 10.2. The standard InChI is InChI=1S/C16H27N3O2.HI/c1-4-6-7-10-18-16(17-5-2)19-12-13-11-14(21-3)8-9-15(13)20;/h8-9,11,20H,4-7,10,12H2,1-3H3,(H2,17,18,19);1H. The van der Waals surface area contributed by atoms with E-state index in [2.05, 4.69) is 22.5 Å². The minimum atomic E-state index is 0. The second-order valence-electron chi connectivity index (χ2n) is 4.82. The van der Waals surface area contributed by atoms with Gasteiger partial charge < -0.3 is 20.5 Å². The van der Waals surface area contributed by atoms with Crippen LogP contribution in [-0.2, 0) is 6.54 Å². The van der Waals surface area contributed by atoms with Gasteiger partial charge in [-0.25, -0.2) is 4.99 Å². The van der Waals surface area contributed by atoms with Crippen LogP contribution in [-0.4, -0.2) is 31.3 Å². The lowest BCUT2D eigenvalue weighted by Crippen LogP contribution is -2.37. The summed E-state index contributed by atoms with van der Waals surface area (Å²) in [6, 6.07) is 5.17. The van der Waals surface area contributed by atoms with Crippen LogP contribution in [0.1, 0.15) is 38.7 Å². The van der Waals surface area contributed by atoms with E-state index in [4.69, 9.17) is 4.74 Å². The first-order valence-corrected chi connectivity index (χ1v) is 7.59. The first-order chi connectivity index (χ1) is 10.2. The fourth-order valence-corrected chi connectivity index (χ4v) is 1.90. The van der Waals surface area contributed by atoms with E-state index >= 15 is 0 Å². The number of aliphatic imine (C=N–C) groups is 1. The molecule has 0 radical (unpaired) electrons. The third-order valence-electron chi connectivity index (χ3n) is 3.11.